The number of rotatable bonds is 3. The second-order valence-corrected chi connectivity index (χ2v) is 13.8. The van der Waals surface area contributed by atoms with Crippen molar-refractivity contribution < 1.29 is 17.6 Å². The van der Waals surface area contributed by atoms with E-state index in [9.17, 15) is 13.2 Å². The van der Waals surface area contributed by atoms with Crippen LogP contribution in [0.4, 0.5) is 18.9 Å². The number of alkyl halides is 3. The summed E-state index contributed by atoms with van der Waals surface area (Å²) in [5.41, 5.74) is -3.14. The maximum Gasteiger partial charge on any atom is 0.422 e. The van der Waals surface area contributed by atoms with E-state index in [1.165, 1.54) is 0 Å². The van der Waals surface area contributed by atoms with Crippen molar-refractivity contribution in [1.29, 1.82) is 0 Å². The van der Waals surface area contributed by atoms with E-state index in [0.717, 1.165) is 6.42 Å². The monoisotopic (exact) mass is 383 g/mol. The van der Waals surface area contributed by atoms with Gasteiger partial charge in [-0.1, -0.05) is 39.0 Å². The normalized spacial score (nSPS) is 35.3. The second kappa shape index (κ2) is 5.68. The number of para-hydroxylation sites is 1. The number of halogens is 3. The highest BCUT2D eigenvalue weighted by molar-refractivity contribution is 6.70. The molecule has 0 N–H and O–H groups in total. The van der Waals surface area contributed by atoms with Crippen molar-refractivity contribution in [1.82, 2.24) is 0 Å². The standard InChI is InChI=1S/C20H28F3NOSi/c1-17(2)15-12-13-18(17,3)19(20(21,22)23,25-26(4,5)6)16(15)24-14-10-8-7-9-11-14/h7-11,15H,12-13H2,1-6H3/t15-,18-,19-/m1/s1. The van der Waals surface area contributed by atoms with Crippen molar-refractivity contribution >= 4 is 19.7 Å². The highest BCUT2D eigenvalue weighted by Gasteiger charge is 2.82. The van der Waals surface area contributed by atoms with Crippen molar-refractivity contribution in [2.24, 2.45) is 21.7 Å². The Morgan fingerprint density at radius 1 is 1.08 bits per heavy atom. The first-order chi connectivity index (χ1) is 11.8. The molecule has 0 aromatic heterocycles. The lowest BCUT2D eigenvalue weighted by molar-refractivity contribution is -0.265. The minimum atomic E-state index is -4.51. The Morgan fingerprint density at radius 3 is 2.15 bits per heavy atom. The molecule has 0 saturated heterocycles. The zero-order valence-electron chi connectivity index (χ0n) is 16.4. The van der Waals surface area contributed by atoms with E-state index in [1.807, 2.05) is 39.6 Å². The van der Waals surface area contributed by atoms with Crippen LogP contribution in [0.15, 0.2) is 35.3 Å². The Balaban J connectivity index is 2.31. The van der Waals surface area contributed by atoms with Crippen molar-refractivity contribution in [3.63, 3.8) is 0 Å². The molecule has 0 radical (unpaired) electrons. The van der Waals surface area contributed by atoms with Crippen LogP contribution in [0, 0.1) is 16.7 Å². The van der Waals surface area contributed by atoms with Crippen molar-refractivity contribution in [3.8, 4) is 0 Å². The molecule has 0 spiro atoms. The highest BCUT2D eigenvalue weighted by atomic mass is 28.4. The molecule has 0 heterocycles. The Labute approximate surface area is 155 Å². The van der Waals surface area contributed by atoms with Gasteiger partial charge in [0.05, 0.1) is 11.4 Å². The topological polar surface area (TPSA) is 21.6 Å². The summed E-state index contributed by atoms with van der Waals surface area (Å²) < 4.78 is 50.4. The van der Waals surface area contributed by atoms with Gasteiger partial charge in [0.1, 0.15) is 0 Å². The number of aliphatic imine (C=N–C) groups is 1. The first kappa shape index (κ1) is 19.6. The predicted molar refractivity (Wildman–Crippen MR) is 101 cm³/mol. The summed E-state index contributed by atoms with van der Waals surface area (Å²) in [5, 5.41) is 0. The van der Waals surface area contributed by atoms with E-state index in [4.69, 9.17) is 4.43 Å². The van der Waals surface area contributed by atoms with E-state index in [-0.39, 0.29) is 11.6 Å². The molecule has 2 aliphatic carbocycles. The molecule has 2 bridgehead atoms. The molecule has 0 unspecified atom stereocenters. The summed E-state index contributed by atoms with van der Waals surface area (Å²) >= 11 is 0. The van der Waals surface area contributed by atoms with Crippen LogP contribution in [-0.4, -0.2) is 25.8 Å². The fourth-order valence-electron chi connectivity index (χ4n) is 5.08. The fourth-order valence-corrected chi connectivity index (χ4v) is 6.44. The molecule has 1 aromatic carbocycles. The molecule has 3 atom stereocenters. The van der Waals surface area contributed by atoms with Crippen LogP contribution < -0.4 is 0 Å². The average Bonchev–Trinajstić information content (AvgIpc) is 2.79. The van der Waals surface area contributed by atoms with Crippen LogP contribution in [0.3, 0.4) is 0 Å². The predicted octanol–water partition coefficient (Wildman–Crippen LogP) is 6.37. The Bertz CT molecular complexity index is 723. The van der Waals surface area contributed by atoms with Crippen LogP contribution in [-0.2, 0) is 4.43 Å². The Hall–Kier alpha value is -1.14. The summed E-state index contributed by atoms with van der Waals surface area (Å²) in [4.78, 5) is 4.58. The van der Waals surface area contributed by atoms with Crippen molar-refractivity contribution in [2.75, 3.05) is 0 Å². The fraction of sp³-hybridized carbons (Fsp3) is 0.650. The molecular weight excluding hydrogens is 355 g/mol. The van der Waals surface area contributed by atoms with Gasteiger partial charge in [0.25, 0.3) is 0 Å². The molecular formula is C20H28F3NOSi. The van der Waals surface area contributed by atoms with Gasteiger partial charge in [-0.15, -0.1) is 0 Å². The summed E-state index contributed by atoms with van der Waals surface area (Å²) in [6.07, 6.45) is -3.29. The summed E-state index contributed by atoms with van der Waals surface area (Å²) in [6, 6.07) is 8.95. The third-order valence-electron chi connectivity index (χ3n) is 6.56. The summed E-state index contributed by atoms with van der Waals surface area (Å²) in [5.74, 6) is -0.231. The van der Waals surface area contributed by atoms with Crippen LogP contribution in [0.2, 0.25) is 19.6 Å². The number of hydrogen-bond donors (Lipinski definition) is 0. The SMILES string of the molecule is CC1(C)[C@@H]2CC[C@@]1(C)[C@@](O[Si](C)(C)C)(C(F)(F)F)C2=Nc1ccccc1. The van der Waals surface area contributed by atoms with Gasteiger partial charge in [0.15, 0.2) is 13.9 Å². The molecule has 26 heavy (non-hydrogen) atoms. The molecule has 1 aromatic rings. The molecule has 144 valence electrons. The van der Waals surface area contributed by atoms with Gasteiger partial charge < -0.3 is 4.43 Å². The first-order valence-electron chi connectivity index (χ1n) is 9.17. The van der Waals surface area contributed by atoms with Gasteiger partial charge in [-0.05, 0) is 50.0 Å². The third-order valence-corrected chi connectivity index (χ3v) is 7.48. The molecule has 6 heteroatoms. The minimum absolute atomic E-state index is 0.178. The number of nitrogens with zero attached hydrogens (tertiary/aromatic N) is 1. The molecule has 2 fully saturated rings. The van der Waals surface area contributed by atoms with Gasteiger partial charge >= 0.3 is 6.18 Å². The lowest BCUT2D eigenvalue weighted by Gasteiger charge is -2.51. The van der Waals surface area contributed by atoms with Crippen molar-refractivity contribution in [3.05, 3.63) is 30.3 Å². The van der Waals surface area contributed by atoms with Gasteiger partial charge in [-0.25, -0.2) is 0 Å². The molecule has 3 rings (SSSR count). The molecule has 2 saturated carbocycles. The van der Waals surface area contributed by atoms with Gasteiger partial charge in [0, 0.05) is 11.3 Å². The Kier molecular flexibility index (Phi) is 4.28. The largest absolute Gasteiger partial charge is 0.422 e. The lowest BCUT2D eigenvalue weighted by Crippen LogP contribution is -2.66. The van der Waals surface area contributed by atoms with E-state index in [1.54, 1.807) is 31.2 Å². The zero-order chi connectivity index (χ0) is 19.6. The maximum absolute atomic E-state index is 14.8. The van der Waals surface area contributed by atoms with E-state index < -0.39 is 30.9 Å². The second-order valence-electron chi connectivity index (χ2n) is 9.37. The van der Waals surface area contributed by atoms with Crippen LogP contribution in [0.1, 0.15) is 33.6 Å². The quantitative estimate of drug-likeness (QED) is 0.556. The number of benzene rings is 1. The summed E-state index contributed by atoms with van der Waals surface area (Å²) in [6.45, 7) is 11.1. The smallest absolute Gasteiger partial charge is 0.399 e. The van der Waals surface area contributed by atoms with Gasteiger partial charge in [-0.3, -0.25) is 4.99 Å². The summed E-state index contributed by atoms with van der Waals surface area (Å²) in [7, 11) is -2.51. The van der Waals surface area contributed by atoms with E-state index in [2.05, 4.69) is 4.99 Å². The van der Waals surface area contributed by atoms with Crippen LogP contribution in [0.5, 0.6) is 0 Å². The third kappa shape index (κ3) is 2.52. The van der Waals surface area contributed by atoms with Crippen LogP contribution in [0.25, 0.3) is 0 Å². The van der Waals surface area contributed by atoms with Gasteiger partial charge in [-0.2, -0.15) is 13.2 Å². The number of hydrogen-bond acceptors (Lipinski definition) is 2. The van der Waals surface area contributed by atoms with Crippen molar-refractivity contribution in [2.45, 2.75) is 65.0 Å². The van der Waals surface area contributed by atoms with E-state index >= 15 is 0 Å². The average molecular weight is 384 g/mol. The van der Waals surface area contributed by atoms with E-state index in [0.29, 0.717) is 12.1 Å². The zero-order valence-corrected chi connectivity index (χ0v) is 17.4. The molecule has 2 nitrogen and oxygen atoms in total. The lowest BCUT2D eigenvalue weighted by atomic mass is 9.64. The number of fused-ring (bicyclic) bond motifs is 2. The van der Waals surface area contributed by atoms with Gasteiger partial charge in [0.2, 0.25) is 0 Å². The molecule has 0 aliphatic heterocycles. The maximum atomic E-state index is 14.8. The Morgan fingerprint density at radius 2 is 1.65 bits per heavy atom. The first-order valence-corrected chi connectivity index (χ1v) is 12.6. The highest BCUT2D eigenvalue weighted by Crippen LogP contribution is 2.73. The minimum Gasteiger partial charge on any atom is -0.399 e. The molecule has 2 aliphatic rings. The van der Waals surface area contributed by atoms with Crippen LogP contribution >= 0.6 is 0 Å². The molecule has 0 amide bonds.